The molecule has 29 heavy (non-hydrogen) atoms. The van der Waals surface area contributed by atoms with Crippen molar-refractivity contribution in [3.05, 3.63) is 53.8 Å². The van der Waals surface area contributed by atoms with E-state index in [1.54, 1.807) is 51.5 Å². The molecule has 0 aliphatic carbocycles. The van der Waals surface area contributed by atoms with Gasteiger partial charge in [0.1, 0.15) is 5.82 Å². The van der Waals surface area contributed by atoms with Crippen molar-refractivity contribution in [2.75, 3.05) is 14.2 Å². The zero-order chi connectivity index (χ0) is 20.8. The van der Waals surface area contributed by atoms with Gasteiger partial charge in [-0.1, -0.05) is 30.0 Å². The Morgan fingerprint density at radius 3 is 2.66 bits per heavy atom. The first kappa shape index (κ1) is 20.7. The van der Waals surface area contributed by atoms with E-state index in [2.05, 4.69) is 15.5 Å². The fourth-order valence-electron chi connectivity index (χ4n) is 2.53. The number of rotatable bonds is 8. The van der Waals surface area contributed by atoms with Crippen molar-refractivity contribution in [2.24, 2.45) is 0 Å². The fraction of sp³-hybridized carbons (Fsp3) is 0.250. The van der Waals surface area contributed by atoms with E-state index < -0.39 is 11.1 Å². The van der Waals surface area contributed by atoms with Gasteiger partial charge in [-0.25, -0.2) is 4.39 Å². The third kappa shape index (κ3) is 5.05. The molecule has 9 heteroatoms. The van der Waals surface area contributed by atoms with Crippen molar-refractivity contribution < 1.29 is 23.1 Å². The van der Waals surface area contributed by atoms with E-state index in [4.69, 9.17) is 13.9 Å². The quantitative estimate of drug-likeness (QED) is 0.560. The lowest BCUT2D eigenvalue weighted by Gasteiger charge is -2.12. The molecular formula is C20H20FN3O4S. The monoisotopic (exact) mass is 417 g/mol. The van der Waals surface area contributed by atoms with Crippen molar-refractivity contribution >= 4 is 17.7 Å². The topological polar surface area (TPSA) is 86.5 Å². The summed E-state index contributed by atoms with van der Waals surface area (Å²) in [5.41, 5.74) is 1.09. The van der Waals surface area contributed by atoms with Crippen LogP contribution in [0.2, 0.25) is 0 Å². The van der Waals surface area contributed by atoms with Crippen LogP contribution in [0.5, 0.6) is 11.5 Å². The summed E-state index contributed by atoms with van der Waals surface area (Å²) in [6.07, 6.45) is 0. The minimum Gasteiger partial charge on any atom is -0.493 e. The molecule has 3 aromatic rings. The third-order valence-corrected chi connectivity index (χ3v) is 5.01. The van der Waals surface area contributed by atoms with Gasteiger partial charge in [0.15, 0.2) is 11.5 Å². The summed E-state index contributed by atoms with van der Waals surface area (Å²) in [7, 11) is 3.12. The lowest BCUT2D eigenvalue weighted by atomic mass is 10.2. The second-order valence-electron chi connectivity index (χ2n) is 6.02. The van der Waals surface area contributed by atoms with E-state index in [1.807, 2.05) is 6.07 Å². The number of benzene rings is 2. The van der Waals surface area contributed by atoms with Crippen LogP contribution < -0.4 is 14.8 Å². The van der Waals surface area contributed by atoms with Crippen molar-refractivity contribution in [3.8, 4) is 23.0 Å². The maximum absolute atomic E-state index is 13.8. The maximum atomic E-state index is 13.8. The van der Waals surface area contributed by atoms with Crippen molar-refractivity contribution in [1.82, 2.24) is 15.5 Å². The van der Waals surface area contributed by atoms with E-state index in [0.717, 1.165) is 17.3 Å². The summed E-state index contributed by atoms with van der Waals surface area (Å²) in [6, 6.07) is 11.6. The number of hydrogen-bond donors (Lipinski definition) is 1. The molecule has 0 spiro atoms. The van der Waals surface area contributed by atoms with Gasteiger partial charge in [-0.2, -0.15) is 0 Å². The van der Waals surface area contributed by atoms with Crippen LogP contribution in [0.1, 0.15) is 12.5 Å². The van der Waals surface area contributed by atoms with Crippen LogP contribution in [0, 0.1) is 5.82 Å². The fourth-order valence-corrected chi connectivity index (χ4v) is 3.24. The number of halogens is 1. The highest BCUT2D eigenvalue weighted by atomic mass is 32.2. The first-order valence-electron chi connectivity index (χ1n) is 8.75. The molecule has 0 aliphatic heterocycles. The van der Waals surface area contributed by atoms with Gasteiger partial charge in [-0.05, 0) is 36.8 Å². The Labute approximate surface area is 171 Å². The van der Waals surface area contributed by atoms with E-state index >= 15 is 0 Å². The third-order valence-electron chi connectivity index (χ3n) is 4.07. The number of carbonyl (C=O) groups excluding carboxylic acids is 1. The lowest BCUT2D eigenvalue weighted by molar-refractivity contribution is -0.120. The van der Waals surface area contributed by atoms with Gasteiger partial charge in [0.25, 0.3) is 11.1 Å². The van der Waals surface area contributed by atoms with Crippen LogP contribution in [-0.2, 0) is 11.3 Å². The van der Waals surface area contributed by atoms with Gasteiger partial charge in [0, 0.05) is 6.54 Å². The second-order valence-corrected chi connectivity index (χ2v) is 7.31. The number of amides is 1. The van der Waals surface area contributed by atoms with Gasteiger partial charge in [-0.15, -0.1) is 10.2 Å². The zero-order valence-corrected chi connectivity index (χ0v) is 17.0. The Hall–Kier alpha value is -3.07. The Balaban J connectivity index is 1.58. The van der Waals surface area contributed by atoms with E-state index in [0.29, 0.717) is 18.0 Å². The maximum Gasteiger partial charge on any atom is 0.277 e. The number of carbonyl (C=O) groups is 1. The molecule has 3 rings (SSSR count). The molecular weight excluding hydrogens is 397 g/mol. The van der Waals surface area contributed by atoms with Gasteiger partial charge < -0.3 is 19.2 Å². The average molecular weight is 417 g/mol. The molecule has 2 aromatic carbocycles. The van der Waals surface area contributed by atoms with E-state index in [-0.39, 0.29) is 22.6 Å². The van der Waals surface area contributed by atoms with E-state index in [9.17, 15) is 9.18 Å². The number of methoxy groups -OCH3 is 2. The summed E-state index contributed by atoms with van der Waals surface area (Å²) >= 11 is 1.10. The minimum atomic E-state index is -0.482. The summed E-state index contributed by atoms with van der Waals surface area (Å²) in [5.74, 6) is 0.633. The predicted molar refractivity (Wildman–Crippen MR) is 106 cm³/mol. The molecule has 152 valence electrons. The molecule has 0 bridgehead atoms. The van der Waals surface area contributed by atoms with Crippen LogP contribution in [0.3, 0.4) is 0 Å². The summed E-state index contributed by atoms with van der Waals surface area (Å²) in [6.45, 7) is 2.05. The molecule has 1 heterocycles. The number of aromatic nitrogens is 2. The number of ether oxygens (including phenoxy) is 2. The first-order valence-corrected chi connectivity index (χ1v) is 9.63. The minimum absolute atomic E-state index is 0.0727. The second kappa shape index (κ2) is 9.42. The Morgan fingerprint density at radius 2 is 1.93 bits per heavy atom. The molecule has 0 fully saturated rings. The van der Waals surface area contributed by atoms with Gasteiger partial charge >= 0.3 is 0 Å². The molecule has 1 atom stereocenters. The zero-order valence-electron chi connectivity index (χ0n) is 16.1. The summed E-state index contributed by atoms with van der Waals surface area (Å²) in [4.78, 5) is 12.4. The van der Waals surface area contributed by atoms with Crippen LogP contribution in [0.15, 0.2) is 52.1 Å². The van der Waals surface area contributed by atoms with E-state index in [1.165, 1.54) is 6.07 Å². The predicted octanol–water partition coefficient (Wildman–Crippen LogP) is 3.69. The summed E-state index contributed by atoms with van der Waals surface area (Å²) < 4.78 is 29.8. The van der Waals surface area contributed by atoms with Gasteiger partial charge in [-0.3, -0.25) is 4.79 Å². The van der Waals surface area contributed by atoms with Crippen LogP contribution in [0.25, 0.3) is 11.5 Å². The highest BCUT2D eigenvalue weighted by Crippen LogP contribution is 2.29. The normalized spacial score (nSPS) is 11.7. The molecule has 7 nitrogen and oxygen atoms in total. The Bertz CT molecular complexity index is 995. The van der Waals surface area contributed by atoms with Crippen molar-refractivity contribution in [3.63, 3.8) is 0 Å². The van der Waals surface area contributed by atoms with Gasteiger partial charge in [0.05, 0.1) is 25.0 Å². The Morgan fingerprint density at radius 1 is 1.17 bits per heavy atom. The van der Waals surface area contributed by atoms with Crippen LogP contribution >= 0.6 is 11.8 Å². The smallest absolute Gasteiger partial charge is 0.277 e. The molecule has 1 aromatic heterocycles. The molecule has 0 aliphatic rings. The standard InChI is InChI=1S/C20H20FN3O4S/c1-12(18(25)22-11-13-8-9-16(26-2)17(10-13)27-3)29-20-24-23-19(28-20)14-6-4-5-7-15(14)21/h4-10,12H,11H2,1-3H3,(H,22,25)/t12-/m1/s1. The molecule has 0 saturated heterocycles. The van der Waals surface area contributed by atoms with Crippen LogP contribution in [-0.4, -0.2) is 35.6 Å². The number of nitrogens with zero attached hydrogens (tertiary/aromatic N) is 2. The van der Waals surface area contributed by atoms with Crippen LogP contribution in [0.4, 0.5) is 4.39 Å². The SMILES string of the molecule is COc1ccc(CNC(=O)[C@@H](C)Sc2nnc(-c3ccccc3F)o2)cc1OC. The summed E-state index contributed by atoms with van der Waals surface area (Å²) in [5, 5.41) is 10.3. The highest BCUT2D eigenvalue weighted by molar-refractivity contribution is 8.00. The number of thioether (sulfide) groups is 1. The Kier molecular flexibility index (Phi) is 6.71. The molecule has 1 amide bonds. The highest BCUT2D eigenvalue weighted by Gasteiger charge is 2.19. The van der Waals surface area contributed by atoms with Crippen molar-refractivity contribution in [1.29, 1.82) is 0 Å². The van der Waals surface area contributed by atoms with Gasteiger partial charge in [0.2, 0.25) is 5.91 Å². The first-order chi connectivity index (χ1) is 14.0. The average Bonchev–Trinajstić information content (AvgIpc) is 3.20. The lowest BCUT2D eigenvalue weighted by Crippen LogP contribution is -2.30. The molecule has 0 radical (unpaired) electrons. The molecule has 0 unspecified atom stereocenters. The number of nitrogens with one attached hydrogen (secondary N) is 1. The number of hydrogen-bond acceptors (Lipinski definition) is 7. The van der Waals surface area contributed by atoms with Crippen molar-refractivity contribution in [2.45, 2.75) is 23.9 Å². The largest absolute Gasteiger partial charge is 0.493 e. The molecule has 0 saturated carbocycles. The molecule has 1 N–H and O–H groups in total.